The smallest absolute Gasteiger partial charge is 0.465 e. The first-order valence-electron chi connectivity index (χ1n) is 6.65. The second-order valence-electron chi connectivity index (χ2n) is 4.88. The first kappa shape index (κ1) is 13.0. The minimum absolute atomic E-state index is 0.181. The number of furan rings is 1. The van der Waals surface area contributed by atoms with Crippen molar-refractivity contribution < 1.29 is 14.5 Å². The average Bonchev–Trinajstić information content (AvgIpc) is 2.89. The maximum atomic E-state index is 9.11. The summed E-state index contributed by atoms with van der Waals surface area (Å²) in [7, 11) is -1.56. The van der Waals surface area contributed by atoms with Gasteiger partial charge in [0.15, 0.2) is 0 Å². The number of hydrogen-bond donors (Lipinski definition) is 2. The molecule has 1 heterocycles. The first-order chi connectivity index (χ1) is 9.72. The van der Waals surface area contributed by atoms with Gasteiger partial charge in [-0.1, -0.05) is 36.4 Å². The summed E-state index contributed by atoms with van der Waals surface area (Å²) in [6.07, 6.45) is 1.93. The molecule has 1 aromatic heterocycles. The van der Waals surface area contributed by atoms with Crippen LogP contribution >= 0.6 is 0 Å². The summed E-state index contributed by atoms with van der Waals surface area (Å²) in [5.41, 5.74) is 3.38. The summed E-state index contributed by atoms with van der Waals surface area (Å²) in [6, 6.07) is 18.0. The Balaban J connectivity index is 1.78. The molecule has 4 heteroatoms. The van der Waals surface area contributed by atoms with E-state index in [9.17, 15) is 0 Å². The second-order valence-corrected chi connectivity index (χ2v) is 4.88. The van der Waals surface area contributed by atoms with E-state index in [1.165, 1.54) is 11.1 Å². The number of aryl methyl sites for hydroxylation is 2. The molecule has 3 nitrogen and oxygen atoms in total. The molecule has 0 aliphatic rings. The zero-order valence-corrected chi connectivity index (χ0v) is 11.0. The van der Waals surface area contributed by atoms with Crippen LogP contribution in [0.5, 0.6) is 0 Å². The van der Waals surface area contributed by atoms with E-state index in [-0.39, 0.29) is 5.66 Å². The Bertz CT molecular complexity index is 704. The Morgan fingerprint density at radius 3 is 2.35 bits per heavy atom. The molecule has 0 saturated heterocycles. The van der Waals surface area contributed by atoms with Crippen LogP contribution in [0.25, 0.3) is 11.0 Å². The van der Waals surface area contributed by atoms with Gasteiger partial charge in [0.1, 0.15) is 11.2 Å². The van der Waals surface area contributed by atoms with Gasteiger partial charge in [-0.25, -0.2) is 0 Å². The lowest BCUT2D eigenvalue weighted by atomic mass is 9.88. The molecule has 3 rings (SSSR count). The highest BCUT2D eigenvalue weighted by Gasteiger charge is 2.16. The van der Waals surface area contributed by atoms with Gasteiger partial charge >= 0.3 is 7.12 Å². The van der Waals surface area contributed by atoms with Crippen LogP contribution in [0.2, 0.25) is 0 Å². The molecular formula is C16H15BO3. The molecule has 0 fully saturated rings. The molecule has 0 bridgehead atoms. The van der Waals surface area contributed by atoms with Crippen molar-refractivity contribution in [3.05, 3.63) is 65.7 Å². The molecule has 3 aromatic rings. The van der Waals surface area contributed by atoms with Crippen LogP contribution in [-0.4, -0.2) is 17.2 Å². The highest BCUT2D eigenvalue weighted by atomic mass is 16.4. The number of benzene rings is 2. The quantitative estimate of drug-likeness (QED) is 0.709. The number of hydrogen-bond acceptors (Lipinski definition) is 3. The van der Waals surface area contributed by atoms with Gasteiger partial charge in [-0.05, 0) is 42.2 Å². The Morgan fingerprint density at radius 1 is 0.850 bits per heavy atom. The van der Waals surface area contributed by atoms with Gasteiger partial charge in [0.25, 0.3) is 0 Å². The van der Waals surface area contributed by atoms with Crippen LogP contribution in [0.3, 0.4) is 0 Å². The van der Waals surface area contributed by atoms with E-state index in [2.05, 4.69) is 12.1 Å². The van der Waals surface area contributed by atoms with Gasteiger partial charge in [0, 0.05) is 5.39 Å². The van der Waals surface area contributed by atoms with Gasteiger partial charge in [0.05, 0.1) is 0 Å². The van der Waals surface area contributed by atoms with Crippen LogP contribution in [0.15, 0.2) is 59.0 Å². The molecule has 0 aliphatic heterocycles. The molecule has 0 saturated carbocycles. The maximum absolute atomic E-state index is 9.11. The molecule has 0 unspecified atom stereocenters. The van der Waals surface area contributed by atoms with Crippen molar-refractivity contribution in [2.24, 2.45) is 0 Å². The van der Waals surface area contributed by atoms with E-state index >= 15 is 0 Å². The van der Waals surface area contributed by atoms with E-state index in [1.807, 2.05) is 36.4 Å². The summed E-state index contributed by atoms with van der Waals surface area (Å²) in [5.74, 6) is 0. The Morgan fingerprint density at radius 2 is 1.60 bits per heavy atom. The standard InChI is InChI=1S/C16H15BO3/c18-17(19)16-11-14-10-13(8-9-15(14)20-16)7-6-12-4-2-1-3-5-12/h1-5,8-11,18-19H,6-7H2. The molecule has 2 N–H and O–H groups in total. The highest BCUT2D eigenvalue weighted by molar-refractivity contribution is 6.57. The summed E-state index contributed by atoms with van der Waals surface area (Å²) in [6.45, 7) is 0. The Hall–Kier alpha value is -2.04. The third-order valence-corrected chi connectivity index (χ3v) is 3.40. The SMILES string of the molecule is OB(O)c1cc2cc(CCc3ccccc3)ccc2o1. The summed E-state index contributed by atoms with van der Waals surface area (Å²) >= 11 is 0. The van der Waals surface area contributed by atoms with Crippen molar-refractivity contribution in [2.75, 3.05) is 0 Å². The van der Waals surface area contributed by atoms with Crippen molar-refractivity contribution in [3.63, 3.8) is 0 Å². The third kappa shape index (κ3) is 2.76. The van der Waals surface area contributed by atoms with Gasteiger partial charge in [-0.15, -0.1) is 0 Å². The molecule has 20 heavy (non-hydrogen) atoms. The van der Waals surface area contributed by atoms with Gasteiger partial charge < -0.3 is 14.5 Å². The minimum Gasteiger partial charge on any atom is -0.465 e. The molecule has 2 aromatic carbocycles. The summed E-state index contributed by atoms with van der Waals surface area (Å²) in [5, 5.41) is 19.1. The molecule has 0 radical (unpaired) electrons. The highest BCUT2D eigenvalue weighted by Crippen LogP contribution is 2.17. The van der Waals surface area contributed by atoms with Gasteiger partial charge in [-0.3, -0.25) is 0 Å². The van der Waals surface area contributed by atoms with Crippen molar-refractivity contribution >= 4 is 23.7 Å². The Labute approximate surface area is 117 Å². The fourth-order valence-corrected chi connectivity index (χ4v) is 2.33. The molecule has 100 valence electrons. The molecule has 0 spiro atoms. The van der Waals surface area contributed by atoms with Crippen molar-refractivity contribution in [2.45, 2.75) is 12.8 Å². The summed E-state index contributed by atoms with van der Waals surface area (Å²) in [4.78, 5) is 0. The van der Waals surface area contributed by atoms with E-state index < -0.39 is 7.12 Å². The van der Waals surface area contributed by atoms with Crippen molar-refractivity contribution in [1.29, 1.82) is 0 Å². The average molecular weight is 266 g/mol. The predicted octanol–water partition coefficient (Wildman–Crippen LogP) is 1.90. The number of rotatable bonds is 4. The van der Waals surface area contributed by atoms with Crippen LogP contribution in [-0.2, 0) is 12.8 Å². The molecule has 0 aliphatic carbocycles. The molecule has 0 atom stereocenters. The van der Waals surface area contributed by atoms with E-state index in [4.69, 9.17) is 14.5 Å². The van der Waals surface area contributed by atoms with Gasteiger partial charge in [0.2, 0.25) is 0 Å². The predicted molar refractivity (Wildman–Crippen MR) is 79.9 cm³/mol. The zero-order valence-electron chi connectivity index (χ0n) is 11.0. The van der Waals surface area contributed by atoms with Gasteiger partial charge in [-0.2, -0.15) is 0 Å². The minimum atomic E-state index is -1.56. The van der Waals surface area contributed by atoms with E-state index in [1.54, 1.807) is 6.07 Å². The normalized spacial score (nSPS) is 10.9. The van der Waals surface area contributed by atoms with Crippen LogP contribution < -0.4 is 5.66 Å². The Kier molecular flexibility index (Phi) is 3.59. The number of fused-ring (bicyclic) bond motifs is 1. The maximum Gasteiger partial charge on any atom is 0.526 e. The molecular weight excluding hydrogens is 251 g/mol. The molecule has 0 amide bonds. The van der Waals surface area contributed by atoms with Crippen molar-refractivity contribution in [1.82, 2.24) is 0 Å². The van der Waals surface area contributed by atoms with Crippen molar-refractivity contribution in [3.8, 4) is 0 Å². The lowest BCUT2D eigenvalue weighted by Crippen LogP contribution is -2.27. The fourth-order valence-electron chi connectivity index (χ4n) is 2.33. The third-order valence-electron chi connectivity index (χ3n) is 3.40. The van der Waals surface area contributed by atoms with Crippen LogP contribution in [0, 0.1) is 0 Å². The van der Waals surface area contributed by atoms with Crippen LogP contribution in [0.4, 0.5) is 0 Å². The van der Waals surface area contributed by atoms with Crippen LogP contribution in [0.1, 0.15) is 11.1 Å². The monoisotopic (exact) mass is 266 g/mol. The summed E-state index contributed by atoms with van der Waals surface area (Å²) < 4.78 is 5.35. The lowest BCUT2D eigenvalue weighted by Gasteiger charge is -2.02. The second kappa shape index (κ2) is 5.53. The van der Waals surface area contributed by atoms with E-state index in [0.29, 0.717) is 5.58 Å². The fraction of sp³-hybridized carbons (Fsp3) is 0.125. The first-order valence-corrected chi connectivity index (χ1v) is 6.65. The van der Waals surface area contributed by atoms with E-state index in [0.717, 1.165) is 18.2 Å². The lowest BCUT2D eigenvalue weighted by molar-refractivity contribution is 0.412. The zero-order chi connectivity index (χ0) is 13.9. The topological polar surface area (TPSA) is 53.6 Å². The largest absolute Gasteiger partial charge is 0.526 e.